The van der Waals surface area contributed by atoms with Gasteiger partial charge in [0.15, 0.2) is 0 Å². The number of aliphatic hydroxyl groups excluding tert-OH is 1. The predicted molar refractivity (Wildman–Crippen MR) is 140 cm³/mol. The van der Waals surface area contributed by atoms with Gasteiger partial charge in [-0.1, -0.05) is 44.5 Å². The molecule has 2 heterocycles. The van der Waals surface area contributed by atoms with Crippen molar-refractivity contribution in [3.8, 4) is 5.75 Å². The SMILES string of the molecule is CCc1ccc(N(C)CC(C)C)cc1.CO.Cc1ccc2c(c1)C(F)CC(C1CCOCC1)O2. The van der Waals surface area contributed by atoms with E-state index in [1.54, 1.807) is 0 Å². The van der Waals surface area contributed by atoms with Crippen molar-refractivity contribution < 1.29 is 19.0 Å². The average molecular weight is 474 g/mol. The summed E-state index contributed by atoms with van der Waals surface area (Å²) in [6.07, 6.45) is 2.70. The maximum atomic E-state index is 14.3. The summed E-state index contributed by atoms with van der Waals surface area (Å²) in [6, 6.07) is 14.6. The van der Waals surface area contributed by atoms with E-state index in [0.717, 1.165) is 63.0 Å². The number of hydrogen-bond donors (Lipinski definition) is 1. The molecule has 4 rings (SSSR count). The number of aryl methyl sites for hydroxylation is 2. The van der Waals surface area contributed by atoms with Crippen LogP contribution in [0.1, 0.15) is 62.9 Å². The lowest BCUT2D eigenvalue weighted by atomic mass is 9.87. The normalized spacial score (nSPS) is 19.7. The van der Waals surface area contributed by atoms with Crippen LogP contribution in [0.15, 0.2) is 42.5 Å². The molecule has 0 bridgehead atoms. The molecule has 0 aliphatic carbocycles. The van der Waals surface area contributed by atoms with Crippen molar-refractivity contribution in [2.45, 2.75) is 65.7 Å². The van der Waals surface area contributed by atoms with Crippen LogP contribution in [0.3, 0.4) is 0 Å². The first kappa shape index (κ1) is 28.1. The number of ether oxygens (including phenoxy) is 2. The van der Waals surface area contributed by atoms with E-state index in [4.69, 9.17) is 14.6 Å². The Labute approximate surface area is 206 Å². The van der Waals surface area contributed by atoms with Crippen molar-refractivity contribution in [3.63, 3.8) is 0 Å². The second-order valence-electron chi connectivity index (χ2n) is 9.64. The molecule has 4 nitrogen and oxygen atoms in total. The Balaban J connectivity index is 0.000000231. The van der Waals surface area contributed by atoms with Crippen LogP contribution in [-0.2, 0) is 11.2 Å². The Hall–Kier alpha value is -2.11. The molecule has 2 atom stereocenters. The number of nitrogens with zero attached hydrogens (tertiary/aromatic N) is 1. The summed E-state index contributed by atoms with van der Waals surface area (Å²) < 4.78 is 25.6. The van der Waals surface area contributed by atoms with Crippen LogP contribution in [0.25, 0.3) is 0 Å². The average Bonchev–Trinajstić information content (AvgIpc) is 2.86. The smallest absolute Gasteiger partial charge is 0.132 e. The van der Waals surface area contributed by atoms with E-state index in [1.165, 1.54) is 11.3 Å². The van der Waals surface area contributed by atoms with Crippen LogP contribution in [0.4, 0.5) is 10.1 Å². The Bertz CT molecular complexity index is 834. The highest BCUT2D eigenvalue weighted by Gasteiger charge is 2.34. The molecule has 0 radical (unpaired) electrons. The van der Waals surface area contributed by atoms with E-state index >= 15 is 0 Å². The third kappa shape index (κ3) is 8.28. The quantitative estimate of drug-likeness (QED) is 0.536. The molecule has 2 unspecified atom stereocenters. The highest BCUT2D eigenvalue weighted by Crippen LogP contribution is 2.41. The molecule has 2 aliphatic rings. The molecule has 0 spiro atoms. The number of hydrogen-bond acceptors (Lipinski definition) is 4. The van der Waals surface area contributed by atoms with Gasteiger partial charge in [0.05, 0.1) is 0 Å². The second kappa shape index (κ2) is 14.3. The van der Waals surface area contributed by atoms with Gasteiger partial charge in [-0.2, -0.15) is 0 Å². The molecule has 1 saturated heterocycles. The third-order valence-corrected chi connectivity index (χ3v) is 6.44. The molecule has 190 valence electrons. The summed E-state index contributed by atoms with van der Waals surface area (Å²) in [6.45, 7) is 11.3. The molecular formula is C29H44FNO3. The van der Waals surface area contributed by atoms with Gasteiger partial charge in [0.2, 0.25) is 0 Å². The molecule has 0 amide bonds. The van der Waals surface area contributed by atoms with Crippen LogP contribution in [0.5, 0.6) is 5.75 Å². The number of anilines is 1. The Kier molecular flexibility index (Phi) is 11.9. The van der Waals surface area contributed by atoms with Crippen LogP contribution < -0.4 is 9.64 Å². The molecule has 0 aromatic heterocycles. The Morgan fingerprint density at radius 3 is 2.29 bits per heavy atom. The number of aliphatic hydroxyl groups is 1. The molecule has 2 aromatic rings. The third-order valence-electron chi connectivity index (χ3n) is 6.44. The van der Waals surface area contributed by atoms with Gasteiger partial charge in [0, 0.05) is 57.5 Å². The van der Waals surface area contributed by atoms with E-state index in [-0.39, 0.29) is 6.10 Å². The fourth-order valence-corrected chi connectivity index (χ4v) is 4.58. The molecule has 2 aromatic carbocycles. The van der Waals surface area contributed by atoms with Crippen molar-refractivity contribution in [2.75, 3.05) is 38.8 Å². The zero-order chi connectivity index (χ0) is 25.1. The number of alkyl halides is 1. The van der Waals surface area contributed by atoms with Crippen molar-refractivity contribution >= 4 is 5.69 Å². The van der Waals surface area contributed by atoms with Gasteiger partial charge in [0.25, 0.3) is 0 Å². The standard InChI is InChI=1S/C15H19FO2.C13H21N.CH4O/c1-10-2-3-14-12(8-10)13(16)9-15(18-14)11-4-6-17-7-5-11;1-5-12-6-8-13(9-7-12)14(4)10-11(2)3;1-2/h2-3,8,11,13,15H,4-7,9H2,1H3;6-9,11H,5,10H2,1-4H3;2H,1H3. The lowest BCUT2D eigenvalue weighted by Gasteiger charge is -2.35. The first-order valence-corrected chi connectivity index (χ1v) is 12.6. The summed E-state index contributed by atoms with van der Waals surface area (Å²) >= 11 is 0. The van der Waals surface area contributed by atoms with Gasteiger partial charge in [-0.3, -0.25) is 0 Å². The fourth-order valence-electron chi connectivity index (χ4n) is 4.58. The van der Waals surface area contributed by atoms with Crippen molar-refractivity contribution in [1.82, 2.24) is 0 Å². The largest absolute Gasteiger partial charge is 0.490 e. The zero-order valence-electron chi connectivity index (χ0n) is 21.9. The zero-order valence-corrected chi connectivity index (χ0v) is 21.9. The summed E-state index contributed by atoms with van der Waals surface area (Å²) in [4.78, 5) is 2.31. The molecule has 2 aliphatic heterocycles. The van der Waals surface area contributed by atoms with Crippen molar-refractivity contribution in [3.05, 3.63) is 59.2 Å². The summed E-state index contributed by atoms with van der Waals surface area (Å²) in [5.74, 6) is 1.88. The molecule has 1 fully saturated rings. The highest BCUT2D eigenvalue weighted by molar-refractivity contribution is 5.46. The maximum Gasteiger partial charge on any atom is 0.132 e. The van der Waals surface area contributed by atoms with Gasteiger partial charge in [-0.05, 0) is 61.9 Å². The molecule has 1 N–H and O–H groups in total. The number of benzene rings is 2. The summed E-state index contributed by atoms with van der Waals surface area (Å²) in [7, 11) is 3.15. The minimum absolute atomic E-state index is 0.0131. The van der Waals surface area contributed by atoms with Crippen LogP contribution >= 0.6 is 0 Å². The van der Waals surface area contributed by atoms with E-state index < -0.39 is 6.17 Å². The Morgan fingerprint density at radius 1 is 1.06 bits per heavy atom. The molecule has 34 heavy (non-hydrogen) atoms. The molecular weight excluding hydrogens is 429 g/mol. The van der Waals surface area contributed by atoms with Crippen LogP contribution in [0.2, 0.25) is 0 Å². The lowest BCUT2D eigenvalue weighted by Crippen LogP contribution is -2.35. The number of rotatable bonds is 5. The van der Waals surface area contributed by atoms with Gasteiger partial charge < -0.3 is 19.5 Å². The van der Waals surface area contributed by atoms with Gasteiger partial charge >= 0.3 is 0 Å². The van der Waals surface area contributed by atoms with Crippen molar-refractivity contribution in [1.29, 1.82) is 0 Å². The molecule has 5 heteroatoms. The van der Waals surface area contributed by atoms with Crippen molar-refractivity contribution in [2.24, 2.45) is 11.8 Å². The van der Waals surface area contributed by atoms with Crippen LogP contribution in [0, 0.1) is 18.8 Å². The molecule has 0 saturated carbocycles. The first-order valence-electron chi connectivity index (χ1n) is 12.6. The first-order chi connectivity index (χ1) is 16.4. The van der Waals surface area contributed by atoms with Crippen LogP contribution in [-0.4, -0.2) is 45.1 Å². The lowest BCUT2D eigenvalue weighted by molar-refractivity contribution is -0.00197. The minimum atomic E-state index is -0.888. The van der Waals surface area contributed by atoms with E-state index in [0.29, 0.717) is 18.3 Å². The predicted octanol–water partition coefficient (Wildman–Crippen LogP) is 6.53. The summed E-state index contributed by atoms with van der Waals surface area (Å²) in [5, 5.41) is 7.00. The van der Waals surface area contributed by atoms with Gasteiger partial charge in [0.1, 0.15) is 18.0 Å². The minimum Gasteiger partial charge on any atom is -0.490 e. The number of halogens is 1. The topological polar surface area (TPSA) is 41.9 Å². The van der Waals surface area contributed by atoms with E-state index in [2.05, 4.69) is 57.0 Å². The monoisotopic (exact) mass is 473 g/mol. The van der Waals surface area contributed by atoms with Gasteiger partial charge in [-0.25, -0.2) is 4.39 Å². The second-order valence-corrected chi connectivity index (χ2v) is 9.64. The van der Waals surface area contributed by atoms with Gasteiger partial charge in [-0.15, -0.1) is 0 Å². The maximum absolute atomic E-state index is 14.3. The van der Waals surface area contributed by atoms with E-state index in [9.17, 15) is 4.39 Å². The number of fused-ring (bicyclic) bond motifs is 1. The Morgan fingerprint density at radius 2 is 1.71 bits per heavy atom. The summed E-state index contributed by atoms with van der Waals surface area (Å²) in [5.41, 5.74) is 4.53. The fraction of sp³-hybridized carbons (Fsp3) is 0.586. The van der Waals surface area contributed by atoms with E-state index in [1.807, 2.05) is 25.1 Å². The highest BCUT2D eigenvalue weighted by atomic mass is 19.1.